The Morgan fingerprint density at radius 1 is 1.07 bits per heavy atom. The summed E-state index contributed by atoms with van der Waals surface area (Å²) in [6.07, 6.45) is 5.13. The fourth-order valence-corrected chi connectivity index (χ4v) is 3.36. The molecule has 0 aliphatic rings. The van der Waals surface area contributed by atoms with Gasteiger partial charge in [-0.05, 0) is 25.1 Å². The fourth-order valence-electron chi connectivity index (χ4n) is 3.36. The highest BCUT2D eigenvalue weighted by atomic mass is 16.1. The molecule has 0 unspecified atom stereocenters. The topological polar surface area (TPSA) is 105 Å². The van der Waals surface area contributed by atoms with E-state index in [2.05, 4.69) is 24.9 Å². The molecule has 0 aliphatic carbocycles. The zero-order chi connectivity index (χ0) is 18.5. The largest absolute Gasteiger partial charge is 0.345 e. The summed E-state index contributed by atoms with van der Waals surface area (Å²) in [6.45, 7) is 1.93. The predicted octanol–water partition coefficient (Wildman–Crippen LogP) is 2.57. The first-order valence-electron chi connectivity index (χ1n) is 8.44. The molecule has 0 radical (unpaired) electrons. The Hall–Kier alpha value is -3.81. The highest BCUT2D eigenvalue weighted by molar-refractivity contribution is 6.01. The number of imidazole rings is 1. The Kier molecular flexibility index (Phi) is 3.20. The van der Waals surface area contributed by atoms with Crippen molar-refractivity contribution in [2.75, 3.05) is 0 Å². The molecule has 5 heterocycles. The van der Waals surface area contributed by atoms with Crippen molar-refractivity contribution in [3.63, 3.8) is 0 Å². The predicted molar refractivity (Wildman–Crippen MR) is 102 cm³/mol. The van der Waals surface area contributed by atoms with E-state index in [1.807, 2.05) is 44.4 Å². The number of H-pyrrole nitrogens is 2. The van der Waals surface area contributed by atoms with Crippen LogP contribution in [0.25, 0.3) is 44.8 Å². The van der Waals surface area contributed by atoms with Crippen molar-refractivity contribution >= 4 is 22.1 Å². The van der Waals surface area contributed by atoms with Gasteiger partial charge < -0.3 is 14.5 Å². The van der Waals surface area contributed by atoms with Gasteiger partial charge in [-0.1, -0.05) is 6.07 Å². The van der Waals surface area contributed by atoms with E-state index in [1.165, 1.54) is 0 Å². The summed E-state index contributed by atoms with van der Waals surface area (Å²) in [5, 5.41) is 0.819. The van der Waals surface area contributed by atoms with Crippen molar-refractivity contribution in [3.8, 4) is 22.8 Å². The summed E-state index contributed by atoms with van der Waals surface area (Å²) in [5.74, 6) is 0.496. The zero-order valence-electron chi connectivity index (χ0n) is 14.7. The van der Waals surface area contributed by atoms with Gasteiger partial charge in [-0.2, -0.15) is 0 Å². The molecule has 0 spiro atoms. The highest BCUT2D eigenvalue weighted by Crippen LogP contribution is 2.32. The third-order valence-electron chi connectivity index (χ3n) is 4.56. The highest BCUT2D eigenvalue weighted by Gasteiger charge is 2.18. The number of aromatic nitrogens is 7. The van der Waals surface area contributed by atoms with Crippen molar-refractivity contribution < 1.29 is 0 Å². The van der Waals surface area contributed by atoms with Gasteiger partial charge in [0.15, 0.2) is 11.5 Å². The molecule has 0 amide bonds. The van der Waals surface area contributed by atoms with E-state index in [0.29, 0.717) is 28.4 Å². The van der Waals surface area contributed by atoms with Crippen LogP contribution in [0, 0.1) is 6.92 Å². The molecule has 8 nitrogen and oxygen atoms in total. The molecule has 5 rings (SSSR count). The number of hydrogen-bond acceptors (Lipinski definition) is 5. The van der Waals surface area contributed by atoms with Crippen molar-refractivity contribution in [2.45, 2.75) is 6.92 Å². The first kappa shape index (κ1) is 15.4. The Balaban J connectivity index is 1.85. The number of rotatable bonds is 2. The quantitative estimate of drug-likeness (QED) is 0.505. The van der Waals surface area contributed by atoms with Gasteiger partial charge in [-0.25, -0.2) is 19.9 Å². The van der Waals surface area contributed by atoms with Gasteiger partial charge in [0.2, 0.25) is 0 Å². The van der Waals surface area contributed by atoms with E-state index in [9.17, 15) is 4.79 Å². The number of nitrogens with zero attached hydrogens (tertiary/aromatic N) is 5. The van der Waals surface area contributed by atoms with E-state index < -0.39 is 0 Å². The number of aryl methyl sites for hydroxylation is 2. The van der Waals surface area contributed by atoms with Crippen LogP contribution in [0.1, 0.15) is 5.69 Å². The van der Waals surface area contributed by atoms with E-state index >= 15 is 0 Å². The molecule has 0 saturated carbocycles. The van der Waals surface area contributed by atoms with Crippen LogP contribution in [0.3, 0.4) is 0 Å². The first-order chi connectivity index (χ1) is 13.1. The lowest BCUT2D eigenvalue weighted by Crippen LogP contribution is -2.07. The number of hydrogen-bond donors (Lipinski definition) is 2. The molecule has 0 saturated heterocycles. The summed E-state index contributed by atoms with van der Waals surface area (Å²) in [7, 11) is 1.84. The monoisotopic (exact) mass is 357 g/mol. The SMILES string of the molecule is Cc1cccc(-c2nc(-c3cn(C)c4c(=O)[nH]ccc34)c3[nH]cnc3n2)n1. The molecule has 0 aliphatic heterocycles. The third-order valence-corrected chi connectivity index (χ3v) is 4.56. The average molecular weight is 357 g/mol. The summed E-state index contributed by atoms with van der Waals surface area (Å²) in [4.78, 5) is 36.2. The maximum atomic E-state index is 12.2. The standard InChI is InChI=1S/C19H15N7O/c1-10-4-3-5-13(23-10)17-24-14(15-18(25-17)22-9-21-15)12-8-26(2)16-11(12)6-7-20-19(16)27/h3-9H,1-2H3,(H,20,27)(H,21,22,24,25). The Bertz CT molecular complexity index is 1380. The van der Waals surface area contributed by atoms with Crippen molar-refractivity contribution in [1.29, 1.82) is 0 Å². The molecule has 0 atom stereocenters. The van der Waals surface area contributed by atoms with E-state index in [-0.39, 0.29) is 5.56 Å². The van der Waals surface area contributed by atoms with Gasteiger partial charge >= 0.3 is 0 Å². The van der Waals surface area contributed by atoms with Crippen LogP contribution in [0.2, 0.25) is 0 Å². The van der Waals surface area contributed by atoms with Crippen LogP contribution in [-0.4, -0.2) is 34.5 Å². The van der Waals surface area contributed by atoms with Gasteiger partial charge in [0.25, 0.3) is 5.56 Å². The van der Waals surface area contributed by atoms with Crippen LogP contribution in [0.15, 0.2) is 47.8 Å². The lowest BCUT2D eigenvalue weighted by atomic mass is 10.1. The van der Waals surface area contributed by atoms with Gasteiger partial charge in [0.1, 0.15) is 22.4 Å². The molecular weight excluding hydrogens is 342 g/mol. The van der Waals surface area contributed by atoms with Gasteiger partial charge in [0, 0.05) is 36.1 Å². The summed E-state index contributed by atoms with van der Waals surface area (Å²) in [5.41, 5.74) is 4.82. The minimum absolute atomic E-state index is 0.142. The molecule has 0 aromatic carbocycles. The van der Waals surface area contributed by atoms with Crippen LogP contribution in [0.4, 0.5) is 0 Å². The molecule has 5 aromatic rings. The number of fused-ring (bicyclic) bond motifs is 2. The number of aromatic amines is 2. The minimum Gasteiger partial charge on any atom is -0.345 e. The molecule has 0 fully saturated rings. The molecule has 8 heteroatoms. The summed E-state index contributed by atoms with van der Waals surface area (Å²) < 4.78 is 1.80. The second-order valence-corrected chi connectivity index (χ2v) is 6.38. The molecular formula is C19H15N7O. The van der Waals surface area contributed by atoms with Crippen molar-refractivity contribution in [1.82, 2.24) is 34.5 Å². The van der Waals surface area contributed by atoms with Crippen molar-refractivity contribution in [2.24, 2.45) is 7.05 Å². The number of pyridine rings is 2. The van der Waals surface area contributed by atoms with Crippen LogP contribution in [0.5, 0.6) is 0 Å². The average Bonchev–Trinajstić information content (AvgIpc) is 3.26. The zero-order valence-corrected chi connectivity index (χ0v) is 14.7. The summed E-state index contributed by atoms with van der Waals surface area (Å²) >= 11 is 0. The molecule has 132 valence electrons. The summed E-state index contributed by atoms with van der Waals surface area (Å²) in [6, 6.07) is 7.60. The Morgan fingerprint density at radius 3 is 2.81 bits per heavy atom. The van der Waals surface area contributed by atoms with Crippen molar-refractivity contribution in [3.05, 3.63) is 59.0 Å². The molecule has 5 aromatic heterocycles. The minimum atomic E-state index is -0.142. The number of nitrogens with one attached hydrogen (secondary N) is 2. The molecule has 2 N–H and O–H groups in total. The van der Waals surface area contributed by atoms with Crippen LogP contribution >= 0.6 is 0 Å². The third kappa shape index (κ3) is 2.34. The maximum absolute atomic E-state index is 12.2. The fraction of sp³-hybridized carbons (Fsp3) is 0.105. The van der Waals surface area contributed by atoms with E-state index in [0.717, 1.165) is 22.2 Å². The van der Waals surface area contributed by atoms with E-state index in [1.54, 1.807) is 17.1 Å². The smallest absolute Gasteiger partial charge is 0.272 e. The second kappa shape index (κ2) is 5.60. The molecule has 27 heavy (non-hydrogen) atoms. The van der Waals surface area contributed by atoms with Gasteiger partial charge in [0.05, 0.1) is 6.33 Å². The normalized spacial score (nSPS) is 11.5. The van der Waals surface area contributed by atoms with Crippen LogP contribution in [-0.2, 0) is 7.05 Å². The second-order valence-electron chi connectivity index (χ2n) is 6.38. The van der Waals surface area contributed by atoms with Crippen LogP contribution < -0.4 is 5.56 Å². The Labute approximate surface area is 153 Å². The maximum Gasteiger partial charge on any atom is 0.272 e. The molecule has 0 bridgehead atoms. The van der Waals surface area contributed by atoms with Gasteiger partial charge in [-0.3, -0.25) is 4.79 Å². The lowest BCUT2D eigenvalue weighted by Gasteiger charge is -2.05. The Morgan fingerprint density at radius 2 is 1.96 bits per heavy atom. The lowest BCUT2D eigenvalue weighted by molar-refractivity contribution is 0.958. The van der Waals surface area contributed by atoms with E-state index in [4.69, 9.17) is 4.98 Å². The van der Waals surface area contributed by atoms with Gasteiger partial charge in [-0.15, -0.1) is 0 Å². The first-order valence-corrected chi connectivity index (χ1v) is 8.44.